The Morgan fingerprint density at radius 3 is 1.67 bits per heavy atom. The van der Waals surface area contributed by atoms with Crippen molar-refractivity contribution in [3.8, 4) is 0 Å². The molecule has 0 aliphatic heterocycles. The second-order valence-electron chi connectivity index (χ2n) is 0.329. The summed E-state index contributed by atoms with van der Waals surface area (Å²) in [6.45, 7) is 0. The maximum atomic E-state index is 9.06. The van der Waals surface area contributed by atoms with Crippen molar-refractivity contribution in [2.75, 3.05) is 0 Å². The molecule has 0 rings (SSSR count). The molecule has 0 saturated heterocycles. The number of hydrogen-bond donors (Lipinski definition) is 2. The Hall–Kier alpha value is 0.389. The smallest absolute Gasteiger partial charge is 0.201 e. The molecule has 0 aromatic rings. The molecule has 0 heterocycles. The van der Waals surface area contributed by atoms with E-state index < -0.39 is 11.0 Å². The van der Waals surface area contributed by atoms with Crippen LogP contribution in [0.4, 0.5) is 0 Å². The minimum absolute atomic E-state index is 0. The van der Waals surface area contributed by atoms with E-state index in [9.17, 15) is 0 Å². The van der Waals surface area contributed by atoms with Crippen LogP contribution in [0, 0.1) is 0 Å². The normalized spacial score (nSPS) is 7.67. The summed E-state index contributed by atoms with van der Waals surface area (Å²) in [5, 5.41) is 0. The summed E-state index contributed by atoms with van der Waals surface area (Å²) < 4.78 is 21.3. The molecule has 6 heteroatoms. The van der Waals surface area contributed by atoms with E-state index in [4.69, 9.17) is 8.42 Å². The quantitative estimate of drug-likeness (QED) is 0.269. The standard InChI is InChI=1S/Mn.H3NO3S/c;1-4-5(2)3/h;5H,1H2. The Labute approximate surface area is 47.2 Å². The largest absolute Gasteiger partial charge is 0.272 e. The third-order valence-corrected chi connectivity index (χ3v) is 0.258. The maximum Gasteiger partial charge on any atom is 0.272 e. The van der Waals surface area contributed by atoms with Crippen LogP contribution in [0.5, 0.6) is 0 Å². The molecule has 1 radical (unpaired) electrons. The van der Waals surface area contributed by atoms with Crippen molar-refractivity contribution in [2.24, 2.45) is 5.90 Å². The summed E-state index contributed by atoms with van der Waals surface area (Å²) in [4.78, 5) is 0. The second-order valence-corrected chi connectivity index (χ2v) is 0.987. The van der Waals surface area contributed by atoms with Crippen LogP contribution in [0.2, 0.25) is 0 Å². The van der Waals surface area contributed by atoms with Gasteiger partial charge in [0.05, 0.1) is 0 Å². The molecule has 0 bridgehead atoms. The summed E-state index contributed by atoms with van der Waals surface area (Å²) in [5.74, 6) is 4.08. The van der Waals surface area contributed by atoms with Gasteiger partial charge in [-0.25, -0.2) is 8.42 Å². The Kier molecular flexibility index (Phi) is 8.65. The summed E-state index contributed by atoms with van der Waals surface area (Å²) in [7, 11) is -2.82. The van der Waals surface area contributed by atoms with E-state index >= 15 is 0 Å². The van der Waals surface area contributed by atoms with Crippen LogP contribution in [-0.4, -0.2) is 8.42 Å². The maximum absolute atomic E-state index is 9.06. The first-order valence-electron chi connectivity index (χ1n) is 0.783. The predicted octanol–water partition coefficient (Wildman–Crippen LogP) is -1.60. The second kappa shape index (κ2) is 5.39. The van der Waals surface area contributed by atoms with Crippen LogP contribution in [0.3, 0.4) is 0 Å². The summed E-state index contributed by atoms with van der Waals surface area (Å²) >= 11 is 0. The fourth-order valence-corrected chi connectivity index (χ4v) is 0. The van der Waals surface area contributed by atoms with Gasteiger partial charge in [-0.3, -0.25) is 0 Å². The van der Waals surface area contributed by atoms with Crippen molar-refractivity contribution >= 4 is 11.0 Å². The molecule has 0 amide bonds. The minimum Gasteiger partial charge on any atom is -0.201 e. The van der Waals surface area contributed by atoms with Gasteiger partial charge in [0, 0.05) is 17.1 Å². The molecule has 0 fully saturated rings. The van der Waals surface area contributed by atoms with Crippen LogP contribution in [-0.2, 0) is 32.3 Å². The zero-order chi connectivity index (χ0) is 4.28. The van der Waals surface area contributed by atoms with E-state index in [1.165, 1.54) is 0 Å². The van der Waals surface area contributed by atoms with E-state index in [0.29, 0.717) is 0 Å². The average Bonchev–Trinajstić information content (AvgIpc) is 1.38. The fourth-order valence-electron chi connectivity index (χ4n) is 0. The molecule has 0 aliphatic carbocycles. The van der Waals surface area contributed by atoms with Gasteiger partial charge < -0.3 is 0 Å². The minimum atomic E-state index is -2.82. The number of rotatable bonds is 1. The van der Waals surface area contributed by atoms with Gasteiger partial charge in [0.1, 0.15) is 0 Å². The van der Waals surface area contributed by atoms with Crippen LogP contribution in [0.1, 0.15) is 0 Å². The first kappa shape index (κ1) is 9.63. The zero-order valence-electron chi connectivity index (χ0n) is 2.63. The van der Waals surface area contributed by atoms with Crippen molar-refractivity contribution in [2.45, 2.75) is 0 Å². The first-order chi connectivity index (χ1) is 2.27. The Balaban J connectivity index is 0. The number of thiol groups is 1. The van der Waals surface area contributed by atoms with Crippen molar-refractivity contribution in [3.63, 3.8) is 0 Å². The molecule has 0 atom stereocenters. The van der Waals surface area contributed by atoms with Crippen molar-refractivity contribution in [1.29, 1.82) is 0 Å². The molecule has 2 N–H and O–H groups in total. The summed E-state index contributed by atoms with van der Waals surface area (Å²) in [5.41, 5.74) is 0. The van der Waals surface area contributed by atoms with Crippen LogP contribution in [0.15, 0.2) is 0 Å². The molecule has 0 aromatic carbocycles. The van der Waals surface area contributed by atoms with Crippen molar-refractivity contribution in [1.82, 2.24) is 0 Å². The molecule has 0 saturated carbocycles. The summed E-state index contributed by atoms with van der Waals surface area (Å²) in [6, 6.07) is 0. The predicted molar refractivity (Wildman–Crippen MR) is 15.6 cm³/mol. The molecular formula is H3MnNO3S. The van der Waals surface area contributed by atoms with Crippen molar-refractivity contribution in [3.05, 3.63) is 0 Å². The Bertz CT molecular complexity index is 68.9. The van der Waals surface area contributed by atoms with Crippen LogP contribution >= 0.6 is 0 Å². The molecule has 39 valence electrons. The molecule has 0 spiro atoms. The van der Waals surface area contributed by atoms with Gasteiger partial charge >= 0.3 is 0 Å². The van der Waals surface area contributed by atoms with Gasteiger partial charge in [-0.2, -0.15) is 10.2 Å². The third kappa shape index (κ3) is 8.83. The van der Waals surface area contributed by atoms with E-state index in [0.717, 1.165) is 0 Å². The van der Waals surface area contributed by atoms with E-state index in [1.54, 1.807) is 0 Å². The molecule has 0 unspecified atom stereocenters. The van der Waals surface area contributed by atoms with Gasteiger partial charge in [-0.05, 0) is 0 Å². The summed E-state index contributed by atoms with van der Waals surface area (Å²) in [6.07, 6.45) is 0. The zero-order valence-corrected chi connectivity index (χ0v) is 4.70. The van der Waals surface area contributed by atoms with Crippen molar-refractivity contribution < 1.29 is 29.8 Å². The van der Waals surface area contributed by atoms with Gasteiger partial charge in [-0.15, -0.1) is 0 Å². The number of hydrogen-bond acceptors (Lipinski definition) is 4. The van der Waals surface area contributed by atoms with Gasteiger partial charge in [0.25, 0.3) is 11.0 Å². The molecule has 4 nitrogen and oxygen atoms in total. The molecule has 6 heavy (non-hydrogen) atoms. The van der Waals surface area contributed by atoms with Gasteiger partial charge in [0.2, 0.25) is 0 Å². The molecule has 0 aromatic heterocycles. The topological polar surface area (TPSA) is 69.4 Å². The average molecular weight is 152 g/mol. The van der Waals surface area contributed by atoms with Crippen LogP contribution < -0.4 is 5.90 Å². The Morgan fingerprint density at radius 2 is 1.67 bits per heavy atom. The molecular weight excluding hydrogens is 149 g/mol. The first-order valence-corrected chi connectivity index (χ1v) is 1.88. The fraction of sp³-hybridized carbons (Fsp3) is 0. The third-order valence-electron chi connectivity index (χ3n) is 0.0861. The van der Waals surface area contributed by atoms with Gasteiger partial charge in [0.15, 0.2) is 0 Å². The van der Waals surface area contributed by atoms with E-state index in [1.807, 2.05) is 0 Å². The molecule has 0 aliphatic rings. The Morgan fingerprint density at radius 1 is 1.50 bits per heavy atom. The van der Waals surface area contributed by atoms with E-state index in [2.05, 4.69) is 10.2 Å². The van der Waals surface area contributed by atoms with Gasteiger partial charge in [-0.1, -0.05) is 0 Å². The SMILES string of the molecule is NO[SH](=O)=O.[Mn]. The monoisotopic (exact) mass is 152 g/mol. The number of nitrogens with two attached hydrogens (primary N) is 1. The van der Waals surface area contributed by atoms with E-state index in [-0.39, 0.29) is 17.1 Å². The van der Waals surface area contributed by atoms with Crippen LogP contribution in [0.25, 0.3) is 0 Å².